The van der Waals surface area contributed by atoms with Crippen molar-refractivity contribution in [3.8, 4) is 0 Å². The first-order valence-electron chi connectivity index (χ1n) is 9.05. The number of carbonyl (C=O) groups is 1. The number of hydrogen-bond donors (Lipinski definition) is 0. The SMILES string of the molecule is CC[C@H]1CN(Cc2noc(COC)n2)CCC(=O)N1Cc1ccccc1. The maximum atomic E-state index is 12.7. The topological polar surface area (TPSA) is 71.7 Å². The van der Waals surface area contributed by atoms with Crippen LogP contribution in [0.15, 0.2) is 34.9 Å². The Morgan fingerprint density at radius 3 is 2.81 bits per heavy atom. The van der Waals surface area contributed by atoms with Gasteiger partial charge in [-0.15, -0.1) is 0 Å². The molecule has 1 atom stereocenters. The maximum absolute atomic E-state index is 12.7. The van der Waals surface area contributed by atoms with E-state index in [1.807, 2.05) is 23.1 Å². The first kappa shape index (κ1) is 18.5. The van der Waals surface area contributed by atoms with E-state index in [4.69, 9.17) is 9.26 Å². The normalized spacial score (nSPS) is 18.9. The molecule has 2 heterocycles. The number of benzene rings is 1. The lowest BCUT2D eigenvalue weighted by atomic mass is 10.1. The Labute approximate surface area is 153 Å². The van der Waals surface area contributed by atoms with Crippen LogP contribution in [0.5, 0.6) is 0 Å². The van der Waals surface area contributed by atoms with Gasteiger partial charge in [0.05, 0.1) is 6.54 Å². The zero-order valence-corrected chi connectivity index (χ0v) is 15.4. The van der Waals surface area contributed by atoms with Crippen LogP contribution in [0.2, 0.25) is 0 Å². The minimum absolute atomic E-state index is 0.176. The van der Waals surface area contributed by atoms with Gasteiger partial charge in [-0.3, -0.25) is 9.69 Å². The summed E-state index contributed by atoms with van der Waals surface area (Å²) in [6, 6.07) is 10.3. The number of ether oxygens (including phenoxy) is 1. The highest BCUT2D eigenvalue weighted by molar-refractivity contribution is 5.77. The van der Waals surface area contributed by atoms with Crippen LogP contribution in [0.25, 0.3) is 0 Å². The first-order chi connectivity index (χ1) is 12.7. The highest BCUT2D eigenvalue weighted by Crippen LogP contribution is 2.19. The Morgan fingerprint density at radius 2 is 2.08 bits per heavy atom. The Morgan fingerprint density at radius 1 is 1.27 bits per heavy atom. The van der Waals surface area contributed by atoms with Gasteiger partial charge >= 0.3 is 0 Å². The van der Waals surface area contributed by atoms with Crippen LogP contribution in [0, 0.1) is 0 Å². The summed E-state index contributed by atoms with van der Waals surface area (Å²) in [5, 5.41) is 4.01. The first-order valence-corrected chi connectivity index (χ1v) is 9.05. The third-order valence-electron chi connectivity index (χ3n) is 4.68. The number of nitrogens with zero attached hydrogens (tertiary/aromatic N) is 4. The Hall–Kier alpha value is -2.25. The second kappa shape index (κ2) is 8.91. The third-order valence-corrected chi connectivity index (χ3v) is 4.68. The number of amides is 1. The minimum atomic E-state index is 0.176. The standard InChI is InChI=1S/C19H26N4O3/c1-3-16-12-22(13-17-20-18(14-25-2)26-21-17)10-9-19(24)23(16)11-15-7-5-4-6-8-15/h4-8,16H,3,9-14H2,1-2H3/t16-/m0/s1. The molecule has 1 aromatic heterocycles. The molecule has 1 aliphatic heterocycles. The summed E-state index contributed by atoms with van der Waals surface area (Å²) in [6.07, 6.45) is 1.42. The van der Waals surface area contributed by atoms with Gasteiger partial charge in [0.15, 0.2) is 5.82 Å². The number of aromatic nitrogens is 2. The van der Waals surface area contributed by atoms with Crippen molar-refractivity contribution in [1.82, 2.24) is 19.9 Å². The molecule has 1 saturated heterocycles. The van der Waals surface area contributed by atoms with Crippen molar-refractivity contribution < 1.29 is 14.1 Å². The van der Waals surface area contributed by atoms with E-state index >= 15 is 0 Å². The summed E-state index contributed by atoms with van der Waals surface area (Å²) in [7, 11) is 1.59. The molecule has 0 saturated carbocycles. The number of hydrogen-bond acceptors (Lipinski definition) is 6. The molecular weight excluding hydrogens is 332 g/mol. The Kier molecular flexibility index (Phi) is 6.35. The van der Waals surface area contributed by atoms with Gasteiger partial charge < -0.3 is 14.2 Å². The zero-order valence-electron chi connectivity index (χ0n) is 15.4. The molecule has 0 N–H and O–H groups in total. The zero-order chi connectivity index (χ0) is 18.4. The fourth-order valence-electron chi connectivity index (χ4n) is 3.32. The van der Waals surface area contributed by atoms with Crippen molar-refractivity contribution >= 4 is 5.91 Å². The molecule has 0 radical (unpaired) electrons. The molecule has 7 heteroatoms. The molecule has 1 amide bonds. The maximum Gasteiger partial charge on any atom is 0.252 e. The van der Waals surface area contributed by atoms with Crippen molar-refractivity contribution in [3.63, 3.8) is 0 Å². The van der Waals surface area contributed by atoms with Gasteiger partial charge in [-0.25, -0.2) is 0 Å². The molecule has 0 aliphatic carbocycles. The van der Waals surface area contributed by atoms with Crippen LogP contribution in [0.3, 0.4) is 0 Å². The lowest BCUT2D eigenvalue weighted by Gasteiger charge is -2.31. The van der Waals surface area contributed by atoms with Gasteiger partial charge in [-0.05, 0) is 12.0 Å². The predicted molar refractivity (Wildman–Crippen MR) is 96.0 cm³/mol. The summed E-state index contributed by atoms with van der Waals surface area (Å²) in [5.74, 6) is 1.32. The number of methoxy groups -OCH3 is 1. The molecule has 1 fully saturated rings. The number of carbonyl (C=O) groups excluding carboxylic acids is 1. The smallest absolute Gasteiger partial charge is 0.252 e. The van der Waals surface area contributed by atoms with E-state index in [1.165, 1.54) is 0 Å². The molecule has 7 nitrogen and oxygen atoms in total. The Balaban J connectivity index is 1.67. The summed E-state index contributed by atoms with van der Waals surface area (Å²) in [6.45, 7) is 5.19. The summed E-state index contributed by atoms with van der Waals surface area (Å²) in [4.78, 5) is 21.3. The minimum Gasteiger partial charge on any atom is -0.375 e. The highest BCUT2D eigenvalue weighted by Gasteiger charge is 2.29. The summed E-state index contributed by atoms with van der Waals surface area (Å²) >= 11 is 0. The van der Waals surface area contributed by atoms with E-state index in [0.29, 0.717) is 44.4 Å². The monoisotopic (exact) mass is 358 g/mol. The molecular formula is C19H26N4O3. The van der Waals surface area contributed by atoms with E-state index in [-0.39, 0.29) is 11.9 Å². The fraction of sp³-hybridized carbons (Fsp3) is 0.526. The molecule has 1 aromatic carbocycles. The van der Waals surface area contributed by atoms with Gasteiger partial charge in [0, 0.05) is 39.2 Å². The van der Waals surface area contributed by atoms with Crippen LogP contribution in [-0.4, -0.2) is 52.1 Å². The van der Waals surface area contributed by atoms with Crippen molar-refractivity contribution in [3.05, 3.63) is 47.6 Å². The molecule has 140 valence electrons. The molecule has 0 spiro atoms. The molecule has 1 aliphatic rings. The quantitative estimate of drug-likeness (QED) is 0.756. The van der Waals surface area contributed by atoms with E-state index in [0.717, 1.165) is 18.5 Å². The van der Waals surface area contributed by atoms with Crippen LogP contribution in [0.4, 0.5) is 0 Å². The Bertz CT molecular complexity index is 704. The summed E-state index contributed by atoms with van der Waals surface area (Å²) in [5.41, 5.74) is 1.16. The molecule has 2 aromatic rings. The van der Waals surface area contributed by atoms with Crippen LogP contribution < -0.4 is 0 Å². The summed E-state index contributed by atoms with van der Waals surface area (Å²) < 4.78 is 10.2. The third kappa shape index (κ3) is 4.68. The van der Waals surface area contributed by atoms with E-state index in [2.05, 4.69) is 34.1 Å². The molecule has 3 rings (SSSR count). The fourth-order valence-corrected chi connectivity index (χ4v) is 3.32. The highest BCUT2D eigenvalue weighted by atomic mass is 16.5. The van der Waals surface area contributed by atoms with Crippen LogP contribution in [-0.2, 0) is 29.2 Å². The van der Waals surface area contributed by atoms with Gasteiger partial charge in [0.1, 0.15) is 6.61 Å². The average molecular weight is 358 g/mol. The predicted octanol–water partition coefficient (Wildman–Crippen LogP) is 2.23. The average Bonchev–Trinajstić information content (AvgIpc) is 3.04. The number of rotatable bonds is 7. The van der Waals surface area contributed by atoms with Crippen LogP contribution in [0.1, 0.15) is 37.0 Å². The van der Waals surface area contributed by atoms with Crippen LogP contribution >= 0.6 is 0 Å². The van der Waals surface area contributed by atoms with Crippen molar-refractivity contribution in [1.29, 1.82) is 0 Å². The van der Waals surface area contributed by atoms with E-state index < -0.39 is 0 Å². The van der Waals surface area contributed by atoms with Gasteiger partial charge in [0.25, 0.3) is 5.89 Å². The van der Waals surface area contributed by atoms with Crippen molar-refractivity contribution in [2.24, 2.45) is 0 Å². The van der Waals surface area contributed by atoms with E-state index in [9.17, 15) is 4.79 Å². The van der Waals surface area contributed by atoms with Gasteiger partial charge in [-0.1, -0.05) is 42.4 Å². The van der Waals surface area contributed by atoms with Gasteiger partial charge in [0.2, 0.25) is 5.91 Å². The van der Waals surface area contributed by atoms with Crippen molar-refractivity contribution in [2.45, 2.75) is 45.5 Å². The molecule has 26 heavy (non-hydrogen) atoms. The second-order valence-electron chi connectivity index (χ2n) is 6.59. The van der Waals surface area contributed by atoms with E-state index in [1.54, 1.807) is 7.11 Å². The molecule has 0 unspecified atom stereocenters. The second-order valence-corrected chi connectivity index (χ2v) is 6.59. The van der Waals surface area contributed by atoms with Gasteiger partial charge in [-0.2, -0.15) is 4.98 Å². The molecule has 0 bridgehead atoms. The lowest BCUT2D eigenvalue weighted by Crippen LogP contribution is -2.42. The largest absolute Gasteiger partial charge is 0.375 e. The van der Waals surface area contributed by atoms with Crippen molar-refractivity contribution in [2.75, 3.05) is 20.2 Å². The lowest BCUT2D eigenvalue weighted by molar-refractivity contribution is -0.133.